The smallest absolute Gasteiger partial charge is 0.122 e. The third-order valence-corrected chi connectivity index (χ3v) is 4.07. The molecule has 0 aliphatic heterocycles. The van der Waals surface area contributed by atoms with Crippen molar-refractivity contribution in [1.29, 1.82) is 0 Å². The first-order valence-electron chi connectivity index (χ1n) is 6.34. The number of ether oxygens (including phenoxy) is 1. The minimum Gasteiger partial charge on any atom is -0.496 e. The maximum atomic E-state index is 10.5. The van der Waals surface area contributed by atoms with Gasteiger partial charge in [0.2, 0.25) is 0 Å². The highest BCUT2D eigenvalue weighted by atomic mass is 16.5. The van der Waals surface area contributed by atoms with Crippen LogP contribution in [-0.2, 0) is 6.42 Å². The fourth-order valence-corrected chi connectivity index (χ4v) is 2.96. The quantitative estimate of drug-likeness (QED) is 0.846. The van der Waals surface area contributed by atoms with E-state index < -0.39 is 5.60 Å². The Balaban J connectivity index is 2.08. The summed E-state index contributed by atoms with van der Waals surface area (Å²) in [5.41, 5.74) is 3.01. The number of fused-ring (bicyclic) bond motifs is 1. The van der Waals surface area contributed by atoms with Crippen molar-refractivity contribution in [3.8, 4) is 5.75 Å². The van der Waals surface area contributed by atoms with Gasteiger partial charge in [-0.3, -0.25) is 0 Å². The molecule has 1 aromatic rings. The van der Waals surface area contributed by atoms with Crippen LogP contribution in [0.1, 0.15) is 36.8 Å². The standard InChI is InChI=1S/C15H18O2/c1-17-14-8-3-5-11-12(14)6-2-7-13(11)15(16)9-4-10-15/h3,5,7-8,16H,2,4,6,9-10H2,1H3. The maximum Gasteiger partial charge on any atom is 0.122 e. The van der Waals surface area contributed by atoms with Crippen LogP contribution in [0, 0.1) is 0 Å². The average molecular weight is 230 g/mol. The molecule has 1 saturated carbocycles. The molecule has 2 heteroatoms. The van der Waals surface area contributed by atoms with Gasteiger partial charge in [0.15, 0.2) is 0 Å². The van der Waals surface area contributed by atoms with Crippen LogP contribution in [0.15, 0.2) is 24.3 Å². The van der Waals surface area contributed by atoms with E-state index in [2.05, 4.69) is 12.1 Å². The predicted octanol–water partition coefficient (Wildman–Crippen LogP) is 2.94. The number of rotatable bonds is 2. The molecule has 17 heavy (non-hydrogen) atoms. The highest BCUT2D eigenvalue weighted by molar-refractivity contribution is 5.78. The molecule has 0 heterocycles. The number of hydrogen-bond donors (Lipinski definition) is 1. The number of benzene rings is 1. The SMILES string of the molecule is COc1cccc2c1CCC=C2C1(O)CCC1. The second kappa shape index (κ2) is 3.88. The molecule has 0 unspecified atom stereocenters. The minimum atomic E-state index is -0.568. The second-order valence-corrected chi connectivity index (χ2v) is 5.03. The molecule has 0 radical (unpaired) electrons. The Morgan fingerprint density at radius 2 is 2.12 bits per heavy atom. The molecule has 90 valence electrons. The molecule has 2 aliphatic rings. The van der Waals surface area contributed by atoms with Crippen LogP contribution in [0.3, 0.4) is 0 Å². The lowest BCUT2D eigenvalue weighted by atomic mass is 9.70. The zero-order valence-corrected chi connectivity index (χ0v) is 10.2. The molecule has 0 atom stereocenters. The third-order valence-electron chi connectivity index (χ3n) is 4.07. The van der Waals surface area contributed by atoms with Crippen LogP contribution in [0.2, 0.25) is 0 Å². The lowest BCUT2D eigenvalue weighted by Gasteiger charge is -2.41. The van der Waals surface area contributed by atoms with E-state index in [9.17, 15) is 5.11 Å². The van der Waals surface area contributed by atoms with Gasteiger partial charge in [0.25, 0.3) is 0 Å². The molecule has 1 fully saturated rings. The number of hydrogen-bond acceptors (Lipinski definition) is 2. The Bertz CT molecular complexity index is 470. The van der Waals surface area contributed by atoms with Crippen molar-refractivity contribution in [3.05, 3.63) is 35.4 Å². The van der Waals surface area contributed by atoms with Gasteiger partial charge in [0.05, 0.1) is 12.7 Å². The summed E-state index contributed by atoms with van der Waals surface area (Å²) in [6.45, 7) is 0. The van der Waals surface area contributed by atoms with E-state index in [-0.39, 0.29) is 0 Å². The monoisotopic (exact) mass is 230 g/mol. The Labute approximate surface area is 102 Å². The van der Waals surface area contributed by atoms with Gasteiger partial charge in [-0.2, -0.15) is 0 Å². The van der Waals surface area contributed by atoms with Crippen LogP contribution in [0.25, 0.3) is 5.57 Å². The normalized spacial score (nSPS) is 21.2. The third kappa shape index (κ3) is 1.59. The molecule has 0 bridgehead atoms. The van der Waals surface area contributed by atoms with Crippen molar-refractivity contribution in [3.63, 3.8) is 0 Å². The summed E-state index contributed by atoms with van der Waals surface area (Å²) in [5.74, 6) is 0.955. The number of allylic oxidation sites excluding steroid dienone is 1. The molecule has 0 amide bonds. The van der Waals surface area contributed by atoms with E-state index in [0.29, 0.717) is 0 Å². The minimum absolute atomic E-state index is 0.568. The fourth-order valence-electron chi connectivity index (χ4n) is 2.96. The summed E-state index contributed by atoms with van der Waals surface area (Å²) in [5, 5.41) is 10.5. The van der Waals surface area contributed by atoms with Crippen molar-refractivity contribution >= 4 is 5.57 Å². The van der Waals surface area contributed by atoms with Crippen LogP contribution in [-0.4, -0.2) is 17.8 Å². The summed E-state index contributed by atoms with van der Waals surface area (Å²) in [6.07, 6.45) is 7.16. The van der Waals surface area contributed by atoms with E-state index in [1.165, 1.54) is 11.1 Å². The van der Waals surface area contributed by atoms with Crippen LogP contribution >= 0.6 is 0 Å². The summed E-state index contributed by atoms with van der Waals surface area (Å²) < 4.78 is 5.42. The summed E-state index contributed by atoms with van der Waals surface area (Å²) in [7, 11) is 1.71. The topological polar surface area (TPSA) is 29.5 Å². The first kappa shape index (κ1) is 10.8. The largest absolute Gasteiger partial charge is 0.496 e. The summed E-state index contributed by atoms with van der Waals surface area (Å²) in [4.78, 5) is 0. The Morgan fingerprint density at radius 1 is 1.29 bits per heavy atom. The molecule has 1 aromatic carbocycles. The van der Waals surface area contributed by atoms with Gasteiger partial charge in [0.1, 0.15) is 5.75 Å². The zero-order valence-electron chi connectivity index (χ0n) is 10.2. The van der Waals surface area contributed by atoms with Gasteiger partial charge >= 0.3 is 0 Å². The maximum absolute atomic E-state index is 10.5. The highest BCUT2D eigenvalue weighted by Gasteiger charge is 2.40. The second-order valence-electron chi connectivity index (χ2n) is 5.03. The van der Waals surface area contributed by atoms with Crippen molar-refractivity contribution < 1.29 is 9.84 Å². The Kier molecular flexibility index (Phi) is 2.48. The van der Waals surface area contributed by atoms with Gasteiger partial charge in [-0.15, -0.1) is 0 Å². The molecule has 0 spiro atoms. The van der Waals surface area contributed by atoms with Crippen LogP contribution < -0.4 is 4.74 Å². The van der Waals surface area contributed by atoms with Gasteiger partial charge in [-0.05, 0) is 49.3 Å². The molecule has 2 nitrogen and oxygen atoms in total. The molecule has 2 aliphatic carbocycles. The van der Waals surface area contributed by atoms with Gasteiger partial charge in [-0.1, -0.05) is 18.2 Å². The molecule has 0 saturated heterocycles. The van der Waals surface area contributed by atoms with Crippen molar-refractivity contribution in [2.75, 3.05) is 7.11 Å². The lowest BCUT2D eigenvalue weighted by Crippen LogP contribution is -2.38. The van der Waals surface area contributed by atoms with E-state index in [0.717, 1.165) is 43.4 Å². The van der Waals surface area contributed by atoms with Crippen molar-refractivity contribution in [2.45, 2.75) is 37.7 Å². The van der Waals surface area contributed by atoms with E-state index in [4.69, 9.17) is 4.74 Å². The van der Waals surface area contributed by atoms with E-state index >= 15 is 0 Å². The summed E-state index contributed by atoms with van der Waals surface area (Å²) >= 11 is 0. The fraction of sp³-hybridized carbons (Fsp3) is 0.467. The molecular formula is C15H18O2. The zero-order chi connectivity index (χ0) is 11.9. The van der Waals surface area contributed by atoms with Crippen molar-refractivity contribution in [2.24, 2.45) is 0 Å². The van der Waals surface area contributed by atoms with Crippen LogP contribution in [0.5, 0.6) is 5.75 Å². The molecule has 0 aromatic heterocycles. The van der Waals surface area contributed by atoms with Crippen molar-refractivity contribution in [1.82, 2.24) is 0 Å². The summed E-state index contributed by atoms with van der Waals surface area (Å²) in [6, 6.07) is 6.13. The Hall–Kier alpha value is -1.28. The Morgan fingerprint density at radius 3 is 2.76 bits per heavy atom. The van der Waals surface area contributed by atoms with E-state index in [1.807, 2.05) is 12.1 Å². The van der Waals surface area contributed by atoms with Gasteiger partial charge < -0.3 is 9.84 Å². The number of aliphatic hydroxyl groups is 1. The van der Waals surface area contributed by atoms with E-state index in [1.54, 1.807) is 7.11 Å². The molecule has 3 rings (SSSR count). The van der Waals surface area contributed by atoms with Crippen LogP contribution in [0.4, 0.5) is 0 Å². The first-order valence-corrected chi connectivity index (χ1v) is 6.34. The van der Waals surface area contributed by atoms with Gasteiger partial charge in [0, 0.05) is 5.56 Å². The molecular weight excluding hydrogens is 212 g/mol. The highest BCUT2D eigenvalue weighted by Crippen LogP contribution is 2.46. The number of methoxy groups -OCH3 is 1. The lowest BCUT2D eigenvalue weighted by molar-refractivity contribution is 0.0240. The first-order chi connectivity index (χ1) is 8.24. The molecule has 1 N–H and O–H groups in total. The average Bonchev–Trinajstić information content (AvgIpc) is 2.34. The van der Waals surface area contributed by atoms with Gasteiger partial charge in [-0.25, -0.2) is 0 Å². The predicted molar refractivity (Wildman–Crippen MR) is 68.1 cm³/mol.